The van der Waals surface area contributed by atoms with Gasteiger partial charge in [-0.3, -0.25) is 4.79 Å². The van der Waals surface area contributed by atoms with Crippen LogP contribution in [0.4, 0.5) is 0 Å². The maximum Gasteiger partial charge on any atom is 0.251 e. The number of hydrogen-bond donors (Lipinski definition) is 1. The van der Waals surface area contributed by atoms with Gasteiger partial charge in [0.25, 0.3) is 5.91 Å². The summed E-state index contributed by atoms with van der Waals surface area (Å²) in [5, 5.41) is 3.24. The number of benzene rings is 1. The topological polar surface area (TPSA) is 32.3 Å². The van der Waals surface area contributed by atoms with Gasteiger partial charge in [0.15, 0.2) is 0 Å². The fourth-order valence-corrected chi connectivity index (χ4v) is 5.80. The Morgan fingerprint density at radius 2 is 1.92 bits per heavy atom. The smallest absolute Gasteiger partial charge is 0.251 e. The fourth-order valence-electron chi connectivity index (χ4n) is 3.52. The monoisotopic (exact) mass is 378 g/mol. The van der Waals surface area contributed by atoms with E-state index in [0.29, 0.717) is 12.0 Å². The number of fused-ring (bicyclic) bond motifs is 3. The molecular formula is C18H19ClN2OS2. The molecule has 1 amide bonds. The molecule has 0 radical (unpaired) electrons. The van der Waals surface area contributed by atoms with Gasteiger partial charge in [-0.1, -0.05) is 23.4 Å². The summed E-state index contributed by atoms with van der Waals surface area (Å²) in [4.78, 5) is 16.1. The van der Waals surface area contributed by atoms with Crippen LogP contribution in [0.2, 0.25) is 4.34 Å². The van der Waals surface area contributed by atoms with E-state index in [4.69, 9.17) is 11.6 Å². The van der Waals surface area contributed by atoms with Crippen molar-refractivity contribution in [2.45, 2.75) is 28.0 Å². The van der Waals surface area contributed by atoms with Gasteiger partial charge < -0.3 is 10.2 Å². The molecule has 3 aliphatic heterocycles. The molecule has 2 bridgehead atoms. The summed E-state index contributed by atoms with van der Waals surface area (Å²) in [6, 6.07) is 12.1. The van der Waals surface area contributed by atoms with Crippen molar-refractivity contribution in [3.05, 3.63) is 46.3 Å². The van der Waals surface area contributed by atoms with Crippen molar-refractivity contribution < 1.29 is 4.79 Å². The predicted molar refractivity (Wildman–Crippen MR) is 100 cm³/mol. The summed E-state index contributed by atoms with van der Waals surface area (Å²) in [6.07, 6.45) is 2.42. The molecule has 0 aliphatic carbocycles. The zero-order valence-electron chi connectivity index (χ0n) is 13.2. The molecule has 0 unspecified atom stereocenters. The van der Waals surface area contributed by atoms with Crippen LogP contribution in [-0.2, 0) is 0 Å². The SMILES string of the molecule is O=C(N[C@H]1CN2CCC1CC2)c1ccc(Sc2ccc(Cl)s2)cc1. The summed E-state index contributed by atoms with van der Waals surface area (Å²) >= 11 is 9.20. The molecule has 126 valence electrons. The van der Waals surface area contributed by atoms with Crippen LogP contribution in [0.25, 0.3) is 0 Å². The number of rotatable bonds is 4. The molecule has 24 heavy (non-hydrogen) atoms. The van der Waals surface area contributed by atoms with Gasteiger partial charge in [0, 0.05) is 23.0 Å². The van der Waals surface area contributed by atoms with E-state index < -0.39 is 0 Å². The van der Waals surface area contributed by atoms with Crippen molar-refractivity contribution in [3.8, 4) is 0 Å². The van der Waals surface area contributed by atoms with Crippen LogP contribution in [0, 0.1) is 5.92 Å². The lowest BCUT2D eigenvalue weighted by molar-refractivity contribution is 0.0620. The van der Waals surface area contributed by atoms with E-state index in [0.717, 1.165) is 25.5 Å². The molecule has 3 fully saturated rings. The number of halogens is 1. The summed E-state index contributed by atoms with van der Waals surface area (Å²) in [7, 11) is 0. The minimum atomic E-state index is 0.0458. The number of nitrogens with one attached hydrogen (secondary N) is 1. The molecule has 0 spiro atoms. The number of hydrogen-bond acceptors (Lipinski definition) is 4. The lowest BCUT2D eigenvalue weighted by Crippen LogP contribution is -2.57. The third kappa shape index (κ3) is 3.64. The normalized spacial score (nSPS) is 25.6. The number of thiophene rings is 1. The highest BCUT2D eigenvalue weighted by atomic mass is 35.5. The molecule has 3 saturated heterocycles. The van der Waals surface area contributed by atoms with Crippen LogP contribution in [0.1, 0.15) is 23.2 Å². The Morgan fingerprint density at radius 3 is 2.50 bits per heavy atom. The van der Waals surface area contributed by atoms with Crippen molar-refractivity contribution in [2.24, 2.45) is 5.92 Å². The first kappa shape index (κ1) is 16.5. The van der Waals surface area contributed by atoms with E-state index in [1.807, 2.05) is 36.4 Å². The Labute approximate surface area is 155 Å². The molecular weight excluding hydrogens is 360 g/mol. The Balaban J connectivity index is 1.38. The molecule has 2 aromatic rings. The first-order chi connectivity index (χ1) is 11.7. The van der Waals surface area contributed by atoms with Gasteiger partial charge >= 0.3 is 0 Å². The second-order valence-electron chi connectivity index (χ2n) is 6.40. The Kier molecular flexibility index (Phi) is 4.86. The van der Waals surface area contributed by atoms with Gasteiger partial charge in [0.1, 0.15) is 0 Å². The standard InChI is InChI=1S/C18H19ClN2OS2/c19-16-5-6-17(24-16)23-14-3-1-13(2-4-14)18(22)20-15-11-21-9-7-12(15)8-10-21/h1-6,12,15H,7-11H2,(H,20,22)/t15-/m0/s1. The van der Waals surface area contributed by atoms with Crippen LogP contribution < -0.4 is 5.32 Å². The Bertz CT molecular complexity index is 723. The first-order valence-electron chi connectivity index (χ1n) is 8.24. The minimum absolute atomic E-state index is 0.0458. The number of amides is 1. The molecule has 0 saturated carbocycles. The molecule has 1 aromatic heterocycles. The third-order valence-corrected chi connectivity index (χ3v) is 7.23. The third-order valence-electron chi connectivity index (χ3n) is 4.86. The first-order valence-corrected chi connectivity index (χ1v) is 10.2. The van der Waals surface area contributed by atoms with Crippen LogP contribution in [0.5, 0.6) is 0 Å². The molecule has 4 heterocycles. The highest BCUT2D eigenvalue weighted by molar-refractivity contribution is 8.01. The van der Waals surface area contributed by atoms with Gasteiger partial charge in [-0.2, -0.15) is 0 Å². The average molecular weight is 379 g/mol. The number of carbonyl (C=O) groups is 1. The lowest BCUT2D eigenvalue weighted by Gasteiger charge is -2.44. The van der Waals surface area contributed by atoms with E-state index in [1.165, 1.54) is 25.9 Å². The minimum Gasteiger partial charge on any atom is -0.348 e. The summed E-state index contributed by atoms with van der Waals surface area (Å²) in [6.45, 7) is 3.38. The van der Waals surface area contributed by atoms with Gasteiger partial charge in [0.2, 0.25) is 0 Å². The van der Waals surface area contributed by atoms with Crippen LogP contribution in [0.15, 0.2) is 45.5 Å². The number of carbonyl (C=O) groups excluding carboxylic acids is 1. The zero-order chi connectivity index (χ0) is 16.5. The van der Waals surface area contributed by atoms with E-state index in [-0.39, 0.29) is 5.91 Å². The Hall–Kier alpha value is -1.01. The lowest BCUT2D eigenvalue weighted by atomic mass is 9.84. The number of nitrogens with zero attached hydrogens (tertiary/aromatic N) is 1. The summed E-state index contributed by atoms with van der Waals surface area (Å²) in [5.41, 5.74) is 0.736. The molecule has 3 nitrogen and oxygen atoms in total. The molecule has 1 aromatic carbocycles. The Morgan fingerprint density at radius 1 is 1.17 bits per heavy atom. The molecule has 1 N–H and O–H groups in total. The summed E-state index contributed by atoms with van der Waals surface area (Å²) < 4.78 is 1.95. The van der Waals surface area contributed by atoms with E-state index in [9.17, 15) is 4.79 Å². The van der Waals surface area contributed by atoms with Gasteiger partial charge in [-0.25, -0.2) is 0 Å². The second kappa shape index (κ2) is 7.08. The second-order valence-corrected chi connectivity index (χ2v) is 9.49. The number of piperidine rings is 3. The van der Waals surface area contributed by atoms with Crippen LogP contribution in [0.3, 0.4) is 0 Å². The van der Waals surface area contributed by atoms with E-state index in [1.54, 1.807) is 23.1 Å². The quantitative estimate of drug-likeness (QED) is 0.857. The highest BCUT2D eigenvalue weighted by Gasteiger charge is 2.34. The average Bonchev–Trinajstić information content (AvgIpc) is 3.01. The molecule has 3 aliphatic rings. The summed E-state index contributed by atoms with van der Waals surface area (Å²) in [5.74, 6) is 0.696. The fraction of sp³-hybridized carbons (Fsp3) is 0.389. The van der Waals surface area contributed by atoms with Crippen molar-refractivity contribution in [1.29, 1.82) is 0 Å². The predicted octanol–water partition coefficient (Wildman–Crippen LogP) is 4.38. The molecule has 6 heteroatoms. The van der Waals surface area contributed by atoms with Gasteiger partial charge in [-0.15, -0.1) is 11.3 Å². The molecule has 5 rings (SSSR count). The largest absolute Gasteiger partial charge is 0.348 e. The van der Waals surface area contributed by atoms with Crippen molar-refractivity contribution >= 4 is 40.6 Å². The highest BCUT2D eigenvalue weighted by Crippen LogP contribution is 2.35. The van der Waals surface area contributed by atoms with Gasteiger partial charge in [0.05, 0.1) is 8.55 Å². The van der Waals surface area contributed by atoms with Gasteiger partial charge in [-0.05, 0) is 68.2 Å². The van der Waals surface area contributed by atoms with E-state index >= 15 is 0 Å². The maximum atomic E-state index is 12.5. The van der Waals surface area contributed by atoms with Crippen molar-refractivity contribution in [2.75, 3.05) is 19.6 Å². The maximum absolute atomic E-state index is 12.5. The zero-order valence-corrected chi connectivity index (χ0v) is 15.6. The van der Waals surface area contributed by atoms with Crippen LogP contribution in [-0.4, -0.2) is 36.5 Å². The van der Waals surface area contributed by atoms with Crippen molar-refractivity contribution in [3.63, 3.8) is 0 Å². The van der Waals surface area contributed by atoms with E-state index in [2.05, 4.69) is 10.2 Å². The van der Waals surface area contributed by atoms with Crippen molar-refractivity contribution in [1.82, 2.24) is 10.2 Å². The molecule has 1 atom stereocenters. The van der Waals surface area contributed by atoms with Crippen LogP contribution >= 0.6 is 34.7 Å².